The van der Waals surface area contributed by atoms with E-state index in [-0.39, 0.29) is 31.6 Å². The number of carbonyl (C=O) groups is 2. The summed E-state index contributed by atoms with van der Waals surface area (Å²) in [4.78, 5) is 24.2. The minimum atomic E-state index is -0.826. The number of aliphatic hydroxyl groups is 1. The van der Waals surface area contributed by atoms with Gasteiger partial charge in [0.2, 0.25) is 0 Å². The van der Waals surface area contributed by atoms with E-state index in [0.717, 1.165) is 70.6 Å². The number of ether oxygens (including phenoxy) is 2. The van der Waals surface area contributed by atoms with Gasteiger partial charge in [0.1, 0.15) is 6.61 Å². The molecule has 0 saturated heterocycles. The Kier molecular flexibility index (Phi) is 39.2. The summed E-state index contributed by atoms with van der Waals surface area (Å²) in [6, 6.07) is 0. The molecule has 292 valence electrons. The van der Waals surface area contributed by atoms with Crippen molar-refractivity contribution in [1.82, 2.24) is 0 Å². The van der Waals surface area contributed by atoms with Gasteiger partial charge in [0, 0.05) is 12.8 Å². The maximum atomic E-state index is 12.2. The lowest BCUT2D eigenvalue weighted by Crippen LogP contribution is -2.28. The highest BCUT2D eigenvalue weighted by atomic mass is 16.6. The lowest BCUT2D eigenvalue weighted by atomic mass is 10.1. The van der Waals surface area contributed by atoms with Gasteiger partial charge in [-0.2, -0.15) is 0 Å². The van der Waals surface area contributed by atoms with Gasteiger partial charge in [-0.1, -0.05) is 155 Å². The van der Waals surface area contributed by atoms with E-state index in [2.05, 4.69) is 111 Å². The van der Waals surface area contributed by atoms with Crippen LogP contribution in [0.4, 0.5) is 0 Å². The average Bonchev–Trinajstić information content (AvgIpc) is 3.15. The van der Waals surface area contributed by atoms with Gasteiger partial charge in [0.15, 0.2) is 6.10 Å². The van der Waals surface area contributed by atoms with Crippen molar-refractivity contribution in [3.8, 4) is 0 Å². The topological polar surface area (TPSA) is 72.8 Å². The molecule has 0 aliphatic heterocycles. The van der Waals surface area contributed by atoms with Crippen molar-refractivity contribution in [3.63, 3.8) is 0 Å². The third-order valence-corrected chi connectivity index (χ3v) is 8.05. The van der Waals surface area contributed by atoms with Crippen LogP contribution < -0.4 is 0 Å². The van der Waals surface area contributed by atoms with Crippen LogP contribution in [-0.2, 0) is 19.1 Å². The molecule has 0 rings (SSSR count). The number of unbranched alkanes of at least 4 members (excludes halogenated alkanes) is 9. The van der Waals surface area contributed by atoms with Crippen molar-refractivity contribution < 1.29 is 24.2 Å². The van der Waals surface area contributed by atoms with Crippen LogP contribution in [0.3, 0.4) is 0 Å². The quantitative estimate of drug-likeness (QED) is 0.0401. The number of allylic oxidation sites excluding steroid dienone is 18. The van der Waals surface area contributed by atoms with Crippen molar-refractivity contribution in [1.29, 1.82) is 0 Å². The summed E-state index contributed by atoms with van der Waals surface area (Å²) in [6.45, 7) is 3.97. The fourth-order valence-corrected chi connectivity index (χ4v) is 4.93. The Balaban J connectivity index is 3.79. The Morgan fingerprint density at radius 1 is 0.442 bits per heavy atom. The Morgan fingerprint density at radius 2 is 0.808 bits per heavy atom. The van der Waals surface area contributed by atoms with Crippen LogP contribution in [0, 0.1) is 0 Å². The molecule has 5 heteroatoms. The van der Waals surface area contributed by atoms with Gasteiger partial charge in [-0.15, -0.1) is 0 Å². The first-order chi connectivity index (χ1) is 25.6. The summed E-state index contributed by atoms with van der Waals surface area (Å²) in [5, 5.41) is 9.55. The van der Waals surface area contributed by atoms with Gasteiger partial charge >= 0.3 is 11.9 Å². The highest BCUT2D eigenvalue weighted by Crippen LogP contribution is 2.08. The van der Waals surface area contributed by atoms with E-state index in [1.165, 1.54) is 51.4 Å². The number of rotatable bonds is 35. The molecule has 0 amide bonds. The van der Waals surface area contributed by atoms with E-state index in [9.17, 15) is 14.7 Å². The first-order valence-electron chi connectivity index (χ1n) is 20.4. The van der Waals surface area contributed by atoms with Crippen molar-refractivity contribution in [2.24, 2.45) is 0 Å². The maximum Gasteiger partial charge on any atom is 0.306 e. The van der Waals surface area contributed by atoms with E-state index in [1.807, 2.05) is 12.2 Å². The third kappa shape index (κ3) is 39.3. The minimum Gasteiger partial charge on any atom is -0.462 e. The van der Waals surface area contributed by atoms with Gasteiger partial charge in [0.25, 0.3) is 0 Å². The molecule has 0 fully saturated rings. The number of hydrogen-bond donors (Lipinski definition) is 1. The Hall–Kier alpha value is -3.44. The van der Waals surface area contributed by atoms with Crippen molar-refractivity contribution >= 4 is 11.9 Å². The number of carbonyl (C=O) groups excluding carboxylic acids is 2. The zero-order valence-electron chi connectivity index (χ0n) is 33.0. The molecule has 5 nitrogen and oxygen atoms in total. The normalized spacial score (nSPS) is 13.4. The zero-order chi connectivity index (χ0) is 37.8. The molecule has 1 atom stereocenters. The van der Waals surface area contributed by atoms with Gasteiger partial charge in [-0.05, 0) is 96.3 Å². The van der Waals surface area contributed by atoms with Gasteiger partial charge in [-0.25, -0.2) is 0 Å². The Bertz CT molecular complexity index is 1090. The second-order valence-corrected chi connectivity index (χ2v) is 13.0. The van der Waals surface area contributed by atoms with E-state index in [4.69, 9.17) is 9.47 Å². The second kappa shape index (κ2) is 42.0. The molecule has 0 bridgehead atoms. The van der Waals surface area contributed by atoms with Crippen LogP contribution in [0.5, 0.6) is 0 Å². The fraction of sp³-hybridized carbons (Fsp3) is 0.574. The van der Waals surface area contributed by atoms with Gasteiger partial charge in [-0.3, -0.25) is 9.59 Å². The first-order valence-corrected chi connectivity index (χ1v) is 20.4. The highest BCUT2D eigenvalue weighted by Gasteiger charge is 2.15. The summed E-state index contributed by atoms with van der Waals surface area (Å²) < 4.78 is 10.5. The molecule has 1 unspecified atom stereocenters. The lowest BCUT2D eigenvalue weighted by Gasteiger charge is -2.15. The predicted molar refractivity (Wildman–Crippen MR) is 223 cm³/mol. The van der Waals surface area contributed by atoms with Crippen LogP contribution in [0.15, 0.2) is 109 Å². The monoisotopic (exact) mass is 719 g/mol. The van der Waals surface area contributed by atoms with Crippen molar-refractivity contribution in [2.45, 2.75) is 161 Å². The molecule has 0 saturated carbocycles. The molecule has 52 heavy (non-hydrogen) atoms. The smallest absolute Gasteiger partial charge is 0.306 e. The molecule has 1 N–H and O–H groups in total. The molecule has 0 aromatic heterocycles. The van der Waals surface area contributed by atoms with Crippen LogP contribution in [0.2, 0.25) is 0 Å². The Morgan fingerprint density at radius 3 is 1.19 bits per heavy atom. The van der Waals surface area contributed by atoms with E-state index >= 15 is 0 Å². The van der Waals surface area contributed by atoms with Crippen LogP contribution in [0.1, 0.15) is 155 Å². The van der Waals surface area contributed by atoms with Crippen molar-refractivity contribution in [2.75, 3.05) is 13.2 Å². The lowest BCUT2D eigenvalue weighted by molar-refractivity contribution is -0.161. The number of aliphatic hydroxyl groups excluding tert-OH is 1. The summed E-state index contributed by atoms with van der Waals surface area (Å²) in [5.41, 5.74) is 0. The molecule has 0 aliphatic rings. The summed E-state index contributed by atoms with van der Waals surface area (Å²) in [6.07, 6.45) is 60.1. The van der Waals surface area contributed by atoms with Crippen LogP contribution >= 0.6 is 0 Å². The summed E-state index contributed by atoms with van der Waals surface area (Å²) in [7, 11) is 0. The minimum absolute atomic E-state index is 0.126. The van der Waals surface area contributed by atoms with E-state index in [1.54, 1.807) is 0 Å². The number of esters is 2. The average molecular weight is 719 g/mol. The molecule has 0 aliphatic carbocycles. The van der Waals surface area contributed by atoms with E-state index in [0.29, 0.717) is 12.8 Å². The largest absolute Gasteiger partial charge is 0.462 e. The van der Waals surface area contributed by atoms with Gasteiger partial charge in [0.05, 0.1) is 6.61 Å². The molecular formula is C47H74O5. The fourth-order valence-electron chi connectivity index (χ4n) is 4.93. The van der Waals surface area contributed by atoms with Gasteiger partial charge < -0.3 is 14.6 Å². The first kappa shape index (κ1) is 48.6. The predicted octanol–water partition coefficient (Wildman–Crippen LogP) is 13.1. The van der Waals surface area contributed by atoms with Crippen LogP contribution in [0.25, 0.3) is 0 Å². The molecule has 0 aromatic carbocycles. The maximum absolute atomic E-state index is 12.2. The SMILES string of the molecule is CCCCCC=CCC=CCC=CCC=CCC=CCCC(=O)OCC(CO)OC(=O)CCCCCC=CCC=CCC=CCC=CCCCCC. The zero-order valence-corrected chi connectivity index (χ0v) is 33.0. The summed E-state index contributed by atoms with van der Waals surface area (Å²) >= 11 is 0. The van der Waals surface area contributed by atoms with Crippen molar-refractivity contribution in [3.05, 3.63) is 109 Å². The highest BCUT2D eigenvalue weighted by molar-refractivity contribution is 5.70. The molecule has 0 radical (unpaired) electrons. The molecule has 0 heterocycles. The number of hydrogen-bond acceptors (Lipinski definition) is 5. The summed E-state index contributed by atoms with van der Waals surface area (Å²) in [5.74, 6) is -0.735. The van der Waals surface area contributed by atoms with Crippen LogP contribution in [-0.4, -0.2) is 36.4 Å². The van der Waals surface area contributed by atoms with E-state index < -0.39 is 6.10 Å². The second-order valence-electron chi connectivity index (χ2n) is 13.0. The molecule has 0 spiro atoms. The molecule has 0 aromatic rings. The Labute approximate surface area is 319 Å². The third-order valence-electron chi connectivity index (χ3n) is 8.05. The molecular weight excluding hydrogens is 645 g/mol. The standard InChI is InChI=1S/C47H74O5/c1-3-5-7-9-11-13-15-17-19-21-23-25-27-29-31-33-35-37-39-41-46(49)51-44-45(43-48)52-47(50)42-40-38-36-34-32-30-28-26-24-22-20-18-16-14-12-10-8-6-4-2/h11-14,17-20,23-26,29-32,35,37,45,48H,3-10,15-16,21-22,27-28,33-34,36,38-44H2,1-2H3.